The molecule has 0 unspecified atom stereocenters. The molecular formula is C18H24N8. The van der Waals surface area contributed by atoms with Crippen LogP contribution in [0.5, 0.6) is 0 Å². The van der Waals surface area contributed by atoms with Gasteiger partial charge >= 0.3 is 0 Å². The monoisotopic (exact) mass is 352 g/mol. The highest BCUT2D eigenvalue weighted by molar-refractivity contribution is 5.74. The van der Waals surface area contributed by atoms with Gasteiger partial charge in [-0.2, -0.15) is 5.10 Å². The van der Waals surface area contributed by atoms with Crippen molar-refractivity contribution < 1.29 is 0 Å². The molecular weight excluding hydrogens is 328 g/mol. The number of hydrogen-bond donors (Lipinski definition) is 2. The minimum atomic E-state index is 0.333. The molecule has 1 fully saturated rings. The molecule has 0 saturated carbocycles. The van der Waals surface area contributed by atoms with Gasteiger partial charge in [0.15, 0.2) is 5.82 Å². The number of aromatic nitrogens is 5. The highest BCUT2D eigenvalue weighted by Crippen LogP contribution is 2.24. The van der Waals surface area contributed by atoms with Gasteiger partial charge in [-0.25, -0.2) is 19.5 Å². The second-order valence-corrected chi connectivity index (χ2v) is 6.96. The van der Waals surface area contributed by atoms with Crippen molar-refractivity contribution in [3.8, 4) is 0 Å². The zero-order valence-corrected chi connectivity index (χ0v) is 15.2. The third-order valence-corrected chi connectivity index (χ3v) is 4.78. The molecule has 3 aromatic heterocycles. The average Bonchev–Trinajstić information content (AvgIpc) is 3.00. The minimum Gasteiger partial charge on any atom is -0.328 e. The van der Waals surface area contributed by atoms with Crippen molar-refractivity contribution in [1.82, 2.24) is 29.5 Å². The number of hydrogen-bond acceptors (Lipinski definition) is 7. The summed E-state index contributed by atoms with van der Waals surface area (Å²) < 4.78 is 1.85. The second kappa shape index (κ2) is 6.97. The molecule has 1 saturated heterocycles. The first kappa shape index (κ1) is 16.9. The number of fused-ring (bicyclic) bond motifs is 1. The quantitative estimate of drug-likeness (QED) is 0.739. The van der Waals surface area contributed by atoms with Gasteiger partial charge in [0.05, 0.1) is 0 Å². The molecule has 0 radical (unpaired) electrons. The number of nitrogens with two attached hydrogens (primary N) is 1. The molecule has 8 heteroatoms. The molecule has 0 aromatic carbocycles. The molecule has 0 spiro atoms. The summed E-state index contributed by atoms with van der Waals surface area (Å²) in [7, 11) is 0. The fourth-order valence-electron chi connectivity index (χ4n) is 3.48. The Labute approximate surface area is 152 Å². The van der Waals surface area contributed by atoms with Gasteiger partial charge in [-0.3, -0.25) is 4.90 Å². The number of piperidine rings is 1. The lowest BCUT2D eigenvalue weighted by molar-refractivity contribution is 0.206. The third-order valence-electron chi connectivity index (χ3n) is 4.78. The van der Waals surface area contributed by atoms with Gasteiger partial charge in [0, 0.05) is 30.2 Å². The van der Waals surface area contributed by atoms with Gasteiger partial charge in [0.2, 0.25) is 5.95 Å². The zero-order chi connectivity index (χ0) is 18.1. The first-order valence-electron chi connectivity index (χ1n) is 8.97. The Bertz CT molecular complexity index is 890. The third kappa shape index (κ3) is 3.51. The Morgan fingerprint density at radius 2 is 1.92 bits per heavy atom. The first-order chi connectivity index (χ1) is 12.6. The summed E-state index contributed by atoms with van der Waals surface area (Å²) in [6.07, 6.45) is 5.60. The van der Waals surface area contributed by atoms with Crippen molar-refractivity contribution in [1.29, 1.82) is 0 Å². The van der Waals surface area contributed by atoms with Crippen LogP contribution in [0, 0.1) is 13.8 Å². The van der Waals surface area contributed by atoms with Gasteiger partial charge in [-0.05, 0) is 57.5 Å². The van der Waals surface area contributed by atoms with E-state index in [9.17, 15) is 0 Å². The number of nitrogens with one attached hydrogen (secondary N) is 1. The van der Waals surface area contributed by atoms with Crippen LogP contribution < -0.4 is 11.1 Å². The van der Waals surface area contributed by atoms with E-state index in [0.29, 0.717) is 12.0 Å². The lowest BCUT2D eigenvalue weighted by atomic mass is 10.1. The van der Waals surface area contributed by atoms with Crippen LogP contribution in [0.25, 0.3) is 5.52 Å². The molecule has 4 rings (SSSR count). The molecule has 136 valence electrons. The Kier molecular flexibility index (Phi) is 4.52. The van der Waals surface area contributed by atoms with Crippen LogP contribution in [0.15, 0.2) is 24.7 Å². The van der Waals surface area contributed by atoms with E-state index in [-0.39, 0.29) is 0 Å². The topological polar surface area (TPSA) is 97.3 Å². The molecule has 0 atom stereocenters. The van der Waals surface area contributed by atoms with Crippen LogP contribution in [0.2, 0.25) is 0 Å². The van der Waals surface area contributed by atoms with E-state index in [1.165, 1.54) is 5.56 Å². The number of nitrogens with zero attached hydrogens (tertiary/aromatic N) is 6. The molecule has 4 heterocycles. The van der Waals surface area contributed by atoms with Gasteiger partial charge in [0.1, 0.15) is 11.8 Å². The Hall–Kier alpha value is -2.58. The van der Waals surface area contributed by atoms with Crippen LogP contribution in [0.3, 0.4) is 0 Å². The summed E-state index contributed by atoms with van der Waals surface area (Å²) in [5.41, 5.74) is 10.0. The van der Waals surface area contributed by atoms with Crippen LogP contribution in [0.4, 0.5) is 11.8 Å². The van der Waals surface area contributed by atoms with Crippen LogP contribution >= 0.6 is 0 Å². The van der Waals surface area contributed by atoms with Gasteiger partial charge in [-0.1, -0.05) is 0 Å². The highest BCUT2D eigenvalue weighted by Gasteiger charge is 2.19. The SMILES string of the molecule is Cc1cc(C)nc(Nc2ncnn3ccc(CN4CCC(N)CC4)c23)n1. The number of anilines is 2. The summed E-state index contributed by atoms with van der Waals surface area (Å²) in [5, 5.41) is 7.60. The molecule has 3 aromatic rings. The molecule has 0 aliphatic carbocycles. The van der Waals surface area contributed by atoms with E-state index in [1.807, 2.05) is 30.6 Å². The Morgan fingerprint density at radius 3 is 2.65 bits per heavy atom. The van der Waals surface area contributed by atoms with E-state index in [1.54, 1.807) is 6.33 Å². The molecule has 0 bridgehead atoms. The summed E-state index contributed by atoms with van der Waals surface area (Å²) >= 11 is 0. The molecule has 3 N–H and O–H groups in total. The van der Waals surface area contributed by atoms with Crippen LogP contribution in [-0.2, 0) is 6.54 Å². The van der Waals surface area contributed by atoms with Crippen molar-refractivity contribution in [2.45, 2.75) is 39.3 Å². The predicted molar refractivity (Wildman–Crippen MR) is 100 cm³/mol. The predicted octanol–water partition coefficient (Wildman–Crippen LogP) is 1.80. The smallest absolute Gasteiger partial charge is 0.228 e. The van der Waals surface area contributed by atoms with Crippen LogP contribution in [0.1, 0.15) is 29.8 Å². The van der Waals surface area contributed by atoms with Crippen molar-refractivity contribution in [2.75, 3.05) is 18.4 Å². The molecule has 26 heavy (non-hydrogen) atoms. The summed E-state index contributed by atoms with van der Waals surface area (Å²) in [6, 6.07) is 4.38. The van der Waals surface area contributed by atoms with Gasteiger partial charge < -0.3 is 11.1 Å². The molecule has 0 amide bonds. The number of likely N-dealkylation sites (tertiary alicyclic amines) is 1. The van der Waals surface area contributed by atoms with Crippen LogP contribution in [-0.4, -0.2) is 48.6 Å². The maximum Gasteiger partial charge on any atom is 0.228 e. The summed E-state index contributed by atoms with van der Waals surface area (Å²) in [6.45, 7) is 6.82. The maximum atomic E-state index is 6.02. The normalized spacial score (nSPS) is 16.3. The molecule has 8 nitrogen and oxygen atoms in total. The largest absolute Gasteiger partial charge is 0.328 e. The lowest BCUT2D eigenvalue weighted by Gasteiger charge is -2.29. The molecule has 1 aliphatic rings. The Morgan fingerprint density at radius 1 is 1.19 bits per heavy atom. The second-order valence-electron chi connectivity index (χ2n) is 6.96. The van der Waals surface area contributed by atoms with E-state index < -0.39 is 0 Å². The van der Waals surface area contributed by atoms with Crippen molar-refractivity contribution in [3.63, 3.8) is 0 Å². The van der Waals surface area contributed by atoms with Crippen molar-refractivity contribution >= 4 is 17.3 Å². The highest BCUT2D eigenvalue weighted by atomic mass is 15.3. The first-order valence-corrected chi connectivity index (χ1v) is 8.97. The number of rotatable bonds is 4. The minimum absolute atomic E-state index is 0.333. The number of aryl methyl sites for hydroxylation is 2. The molecule has 1 aliphatic heterocycles. The van der Waals surface area contributed by atoms with Gasteiger partial charge in [0.25, 0.3) is 0 Å². The zero-order valence-electron chi connectivity index (χ0n) is 15.2. The maximum absolute atomic E-state index is 6.02. The average molecular weight is 352 g/mol. The fraction of sp³-hybridized carbons (Fsp3) is 0.444. The van der Waals surface area contributed by atoms with Crippen molar-refractivity contribution in [3.05, 3.63) is 41.6 Å². The standard InChI is InChI=1S/C18H24N8/c1-12-9-13(2)23-18(22-12)24-17-16-14(3-8-26(16)21-11-20-17)10-25-6-4-15(19)5-7-25/h3,8-9,11,15H,4-7,10,19H2,1-2H3,(H,20,21,22,23,24). The lowest BCUT2D eigenvalue weighted by Crippen LogP contribution is -2.39. The van der Waals surface area contributed by atoms with Gasteiger partial charge in [-0.15, -0.1) is 0 Å². The summed E-state index contributed by atoms with van der Waals surface area (Å²) in [4.78, 5) is 15.8. The van der Waals surface area contributed by atoms with Crippen molar-refractivity contribution in [2.24, 2.45) is 5.73 Å². The fourth-order valence-corrected chi connectivity index (χ4v) is 3.48. The van der Waals surface area contributed by atoms with E-state index in [4.69, 9.17) is 5.73 Å². The van der Waals surface area contributed by atoms with E-state index in [2.05, 4.69) is 36.3 Å². The van der Waals surface area contributed by atoms with E-state index >= 15 is 0 Å². The summed E-state index contributed by atoms with van der Waals surface area (Å²) in [5.74, 6) is 1.28. The van der Waals surface area contributed by atoms with E-state index in [0.717, 1.165) is 55.2 Å². The Balaban J connectivity index is 1.63.